The molecule has 52 heavy (non-hydrogen) atoms. The van der Waals surface area contributed by atoms with Crippen molar-refractivity contribution in [1.29, 1.82) is 0 Å². The van der Waals surface area contributed by atoms with Gasteiger partial charge in [0.2, 0.25) is 0 Å². The molecule has 0 atom stereocenters. The van der Waals surface area contributed by atoms with Crippen LogP contribution in [0.2, 0.25) is 0 Å². The number of hydrogen-bond donors (Lipinski definition) is 0. The average Bonchev–Trinajstić information content (AvgIpc) is 3.68. The first-order valence-corrected chi connectivity index (χ1v) is 18.6. The molecule has 0 saturated heterocycles. The summed E-state index contributed by atoms with van der Waals surface area (Å²) in [6, 6.07) is 64.8. The van der Waals surface area contributed by atoms with E-state index in [4.69, 9.17) is 0 Å². The molecule has 4 heterocycles. The summed E-state index contributed by atoms with van der Waals surface area (Å²) in [7, 11) is 0. The van der Waals surface area contributed by atoms with Crippen molar-refractivity contribution in [3.8, 4) is 33.6 Å². The first kappa shape index (κ1) is 28.2. The molecule has 242 valence electrons. The molecule has 0 spiro atoms. The van der Waals surface area contributed by atoms with Gasteiger partial charge in [-0.3, -0.25) is 0 Å². The quantitative estimate of drug-likeness (QED) is 0.180. The van der Waals surface area contributed by atoms with Crippen molar-refractivity contribution in [2.75, 3.05) is 4.90 Å². The molecule has 2 aliphatic heterocycles. The van der Waals surface area contributed by atoms with Crippen LogP contribution in [0.25, 0.3) is 77.2 Å². The van der Waals surface area contributed by atoms with Gasteiger partial charge in [-0.15, -0.1) is 0 Å². The smallest absolute Gasteiger partial charge is 0.0680 e. The minimum absolute atomic E-state index is 1.16. The van der Waals surface area contributed by atoms with Gasteiger partial charge >= 0.3 is 0 Å². The van der Waals surface area contributed by atoms with E-state index in [2.05, 4.69) is 190 Å². The normalized spacial score (nSPS) is 12.9. The number of para-hydroxylation sites is 5. The zero-order chi connectivity index (χ0) is 33.9. The Morgan fingerprint density at radius 2 is 0.846 bits per heavy atom. The van der Waals surface area contributed by atoms with E-state index in [-0.39, 0.29) is 0 Å². The van der Waals surface area contributed by atoms with Crippen LogP contribution in [0, 0.1) is 0 Å². The fourth-order valence-electron chi connectivity index (χ4n) is 8.88. The summed E-state index contributed by atoms with van der Waals surface area (Å²) in [6.45, 7) is 0. The van der Waals surface area contributed by atoms with Crippen LogP contribution in [0.4, 0.5) is 17.1 Å². The molecule has 0 fully saturated rings. The second kappa shape index (κ2) is 10.5. The number of aromatic nitrogens is 2. The van der Waals surface area contributed by atoms with Crippen molar-refractivity contribution >= 4 is 72.4 Å². The molecule has 12 rings (SSSR count). The molecule has 0 N–H and O–H groups in total. The number of fused-ring (bicyclic) bond motifs is 13. The Morgan fingerprint density at radius 3 is 1.56 bits per heavy atom. The third-order valence-corrected chi connectivity index (χ3v) is 12.1. The second-order valence-corrected chi connectivity index (χ2v) is 14.8. The lowest BCUT2D eigenvalue weighted by atomic mass is 9.95. The van der Waals surface area contributed by atoms with Crippen LogP contribution < -0.4 is 4.90 Å². The number of anilines is 3. The maximum Gasteiger partial charge on any atom is 0.0680 e. The van der Waals surface area contributed by atoms with Crippen LogP contribution in [0.15, 0.2) is 186 Å². The predicted molar refractivity (Wildman–Crippen MR) is 218 cm³/mol. The molecule has 4 heteroatoms. The Bertz CT molecular complexity index is 3070. The van der Waals surface area contributed by atoms with Crippen molar-refractivity contribution in [2.24, 2.45) is 0 Å². The molecule has 0 amide bonds. The summed E-state index contributed by atoms with van der Waals surface area (Å²) < 4.78 is 4.86. The van der Waals surface area contributed by atoms with E-state index in [9.17, 15) is 0 Å². The lowest BCUT2D eigenvalue weighted by Gasteiger charge is -2.34. The molecular formula is C48H29N3S. The van der Waals surface area contributed by atoms with Gasteiger partial charge in [-0.2, -0.15) is 0 Å². The van der Waals surface area contributed by atoms with Crippen molar-refractivity contribution in [3.05, 3.63) is 176 Å². The maximum atomic E-state index is 2.50. The van der Waals surface area contributed by atoms with Gasteiger partial charge in [0.25, 0.3) is 0 Å². The highest BCUT2D eigenvalue weighted by atomic mass is 32.2. The molecular weight excluding hydrogens is 651 g/mol. The van der Waals surface area contributed by atoms with E-state index in [1.165, 1.54) is 98.4 Å². The van der Waals surface area contributed by atoms with Crippen LogP contribution in [0.3, 0.4) is 0 Å². The number of rotatable bonds is 2. The molecule has 2 aliphatic rings. The lowest BCUT2D eigenvalue weighted by molar-refractivity contribution is 1.12. The molecule has 0 unspecified atom stereocenters. The van der Waals surface area contributed by atoms with Gasteiger partial charge in [-0.05, 0) is 77.9 Å². The van der Waals surface area contributed by atoms with Crippen molar-refractivity contribution in [2.45, 2.75) is 9.79 Å². The van der Waals surface area contributed by atoms with Gasteiger partial charge in [-0.25, -0.2) is 0 Å². The lowest BCUT2D eigenvalue weighted by Crippen LogP contribution is -2.16. The van der Waals surface area contributed by atoms with Gasteiger partial charge in [0, 0.05) is 53.8 Å². The summed E-state index contributed by atoms with van der Waals surface area (Å²) in [4.78, 5) is 5.02. The Labute approximate surface area is 304 Å². The molecule has 0 saturated carbocycles. The highest BCUT2D eigenvalue weighted by Crippen LogP contribution is 2.59. The minimum atomic E-state index is 1.16. The molecule has 0 radical (unpaired) electrons. The first-order chi connectivity index (χ1) is 25.8. The summed E-state index contributed by atoms with van der Waals surface area (Å²) >= 11 is 1.88. The fourth-order valence-corrected chi connectivity index (χ4v) is 10.0. The predicted octanol–water partition coefficient (Wildman–Crippen LogP) is 13.5. The molecule has 8 aromatic carbocycles. The van der Waals surface area contributed by atoms with Gasteiger partial charge in [0.1, 0.15) is 0 Å². The number of hydrogen-bond acceptors (Lipinski definition) is 2. The Hall–Kier alpha value is -6.49. The Balaban J connectivity index is 1.07. The number of benzene rings is 8. The zero-order valence-electron chi connectivity index (χ0n) is 28.0. The highest BCUT2D eigenvalue weighted by molar-refractivity contribution is 7.99. The standard InChI is InChI=1S/C48H29N3S/c1-2-13-33-32(12-1)34-14-3-10-22-43(34)51-45-27-25-31(29-47(45)52-46-23-11-18-38(33)48(46)51)50-42-21-9-6-17-37(42)39-28-30(24-26-44(39)50)49-40-19-7-4-15-35(40)36-16-5-8-20-41(36)49/h1-29H. The topological polar surface area (TPSA) is 13.1 Å². The van der Waals surface area contributed by atoms with Crippen LogP contribution in [-0.2, 0) is 0 Å². The average molecular weight is 680 g/mol. The third kappa shape index (κ3) is 3.77. The van der Waals surface area contributed by atoms with E-state index < -0.39 is 0 Å². The van der Waals surface area contributed by atoms with Crippen molar-refractivity contribution in [3.63, 3.8) is 0 Å². The van der Waals surface area contributed by atoms with Crippen molar-refractivity contribution < 1.29 is 0 Å². The van der Waals surface area contributed by atoms with E-state index in [0.717, 1.165) is 5.69 Å². The highest BCUT2D eigenvalue weighted by Gasteiger charge is 2.33. The van der Waals surface area contributed by atoms with Crippen LogP contribution >= 0.6 is 11.8 Å². The van der Waals surface area contributed by atoms with Crippen molar-refractivity contribution in [1.82, 2.24) is 9.13 Å². The largest absolute Gasteiger partial charge is 0.309 e. The van der Waals surface area contributed by atoms with E-state index in [1.54, 1.807) is 0 Å². The first-order valence-electron chi connectivity index (χ1n) is 17.8. The zero-order valence-corrected chi connectivity index (χ0v) is 28.8. The molecule has 2 aromatic heterocycles. The van der Waals surface area contributed by atoms with E-state index in [0.29, 0.717) is 0 Å². The number of nitrogens with zero attached hydrogens (tertiary/aromatic N) is 3. The van der Waals surface area contributed by atoms with Gasteiger partial charge in [0.05, 0.1) is 39.1 Å². The molecule has 0 bridgehead atoms. The van der Waals surface area contributed by atoms with E-state index in [1.807, 2.05) is 11.8 Å². The Kier molecular flexibility index (Phi) is 5.71. The fraction of sp³-hybridized carbons (Fsp3) is 0. The SMILES string of the molecule is c1ccc2c(c1)-c1ccccc1N1c3ccc(-n4c5ccccc5c5cc(-n6c7ccccc7c7ccccc76)ccc54)cc3Sc3cccc-2c31. The van der Waals surface area contributed by atoms with Gasteiger partial charge < -0.3 is 14.0 Å². The van der Waals surface area contributed by atoms with Crippen LogP contribution in [0.1, 0.15) is 0 Å². The Morgan fingerprint density at radius 1 is 0.327 bits per heavy atom. The molecule has 0 aliphatic carbocycles. The summed E-state index contributed by atoms with van der Waals surface area (Å²) in [5.41, 5.74) is 15.9. The van der Waals surface area contributed by atoms with E-state index >= 15 is 0 Å². The second-order valence-electron chi connectivity index (χ2n) is 13.7. The monoisotopic (exact) mass is 679 g/mol. The minimum Gasteiger partial charge on any atom is -0.309 e. The summed E-state index contributed by atoms with van der Waals surface area (Å²) in [5, 5.41) is 5.04. The van der Waals surface area contributed by atoms with Crippen LogP contribution in [-0.4, -0.2) is 9.13 Å². The third-order valence-electron chi connectivity index (χ3n) is 11.0. The van der Waals surface area contributed by atoms with Crippen LogP contribution in [0.5, 0.6) is 0 Å². The molecule has 10 aromatic rings. The molecule has 3 nitrogen and oxygen atoms in total. The van der Waals surface area contributed by atoms with Gasteiger partial charge in [0.15, 0.2) is 0 Å². The summed E-state index contributed by atoms with van der Waals surface area (Å²) in [5.74, 6) is 0. The maximum absolute atomic E-state index is 2.50. The van der Waals surface area contributed by atoms with Gasteiger partial charge in [-0.1, -0.05) is 121 Å². The summed E-state index contributed by atoms with van der Waals surface area (Å²) in [6.07, 6.45) is 0.